The van der Waals surface area contributed by atoms with Crippen molar-refractivity contribution in [3.8, 4) is 0 Å². The Hall–Kier alpha value is -1.76. The second-order valence-electron chi connectivity index (χ2n) is 3.82. The predicted octanol–water partition coefficient (Wildman–Crippen LogP) is -0.832. The molecule has 0 amide bonds. The third kappa shape index (κ3) is 1.40. The van der Waals surface area contributed by atoms with Crippen LogP contribution in [0.4, 0.5) is 5.82 Å². The van der Waals surface area contributed by atoms with E-state index in [-0.39, 0.29) is 0 Å². The van der Waals surface area contributed by atoms with Gasteiger partial charge in [0.15, 0.2) is 17.0 Å². The third-order valence-corrected chi connectivity index (χ3v) is 2.79. The van der Waals surface area contributed by atoms with Crippen LogP contribution in [-0.4, -0.2) is 51.1 Å². The fraction of sp³-hybridized carbons (Fsp3) is 0.556. The van der Waals surface area contributed by atoms with Crippen LogP contribution in [0.1, 0.15) is 0 Å². The van der Waals surface area contributed by atoms with Crippen molar-refractivity contribution < 1.29 is 0 Å². The van der Waals surface area contributed by atoms with Gasteiger partial charge in [-0.25, -0.2) is 14.6 Å². The van der Waals surface area contributed by atoms with Crippen LogP contribution in [0.25, 0.3) is 11.2 Å². The molecule has 3 rings (SSSR count). The number of aromatic nitrogens is 5. The van der Waals surface area contributed by atoms with Gasteiger partial charge in [-0.05, 0) is 0 Å². The minimum atomic E-state index is 0.781. The molecule has 7 heteroatoms. The fourth-order valence-corrected chi connectivity index (χ4v) is 1.95. The van der Waals surface area contributed by atoms with Gasteiger partial charge in [-0.2, -0.15) is 0 Å². The molecule has 1 fully saturated rings. The van der Waals surface area contributed by atoms with Crippen LogP contribution in [-0.2, 0) is 7.05 Å². The van der Waals surface area contributed by atoms with E-state index in [1.807, 2.05) is 7.05 Å². The summed E-state index contributed by atoms with van der Waals surface area (Å²) in [5.74, 6) is 0.889. The number of hydrogen-bond acceptors (Lipinski definition) is 6. The Morgan fingerprint density at radius 2 is 2.06 bits per heavy atom. The summed E-state index contributed by atoms with van der Waals surface area (Å²) in [6.45, 7) is 3.85. The van der Waals surface area contributed by atoms with Crippen molar-refractivity contribution in [3.05, 3.63) is 6.33 Å². The van der Waals surface area contributed by atoms with E-state index in [1.165, 1.54) is 0 Å². The number of fused-ring (bicyclic) bond motifs is 1. The highest BCUT2D eigenvalue weighted by atomic mass is 15.4. The summed E-state index contributed by atoms with van der Waals surface area (Å²) in [4.78, 5) is 10.7. The highest BCUT2D eigenvalue weighted by Crippen LogP contribution is 2.19. The second kappa shape index (κ2) is 3.67. The molecule has 1 aliphatic heterocycles. The maximum atomic E-state index is 4.32. The number of hydrogen-bond donors (Lipinski definition) is 1. The zero-order valence-electron chi connectivity index (χ0n) is 9.09. The Morgan fingerprint density at radius 3 is 2.88 bits per heavy atom. The molecule has 0 atom stereocenters. The van der Waals surface area contributed by atoms with E-state index in [9.17, 15) is 0 Å². The average Bonchev–Trinajstić information content (AvgIpc) is 2.73. The number of anilines is 1. The highest BCUT2D eigenvalue weighted by molar-refractivity contribution is 5.82. The molecule has 16 heavy (non-hydrogen) atoms. The van der Waals surface area contributed by atoms with Crippen LogP contribution in [0.15, 0.2) is 6.33 Å². The summed E-state index contributed by atoms with van der Waals surface area (Å²) in [7, 11) is 1.84. The summed E-state index contributed by atoms with van der Waals surface area (Å²) >= 11 is 0. The van der Waals surface area contributed by atoms with E-state index >= 15 is 0 Å². The smallest absolute Gasteiger partial charge is 0.183 e. The second-order valence-corrected chi connectivity index (χ2v) is 3.82. The zero-order chi connectivity index (χ0) is 11.0. The molecule has 1 saturated heterocycles. The summed E-state index contributed by atoms with van der Waals surface area (Å²) in [5, 5.41) is 11.4. The number of nitrogens with one attached hydrogen (secondary N) is 1. The van der Waals surface area contributed by atoms with Crippen molar-refractivity contribution in [3.63, 3.8) is 0 Å². The molecule has 2 aromatic heterocycles. The minimum Gasteiger partial charge on any atom is -0.352 e. The van der Waals surface area contributed by atoms with Crippen LogP contribution >= 0.6 is 0 Å². The largest absolute Gasteiger partial charge is 0.352 e. The zero-order valence-corrected chi connectivity index (χ0v) is 9.09. The van der Waals surface area contributed by atoms with Crippen LogP contribution in [0.3, 0.4) is 0 Å². The van der Waals surface area contributed by atoms with Gasteiger partial charge in [0.05, 0.1) is 0 Å². The molecule has 0 aromatic carbocycles. The van der Waals surface area contributed by atoms with Gasteiger partial charge in [0, 0.05) is 33.2 Å². The molecule has 84 valence electrons. The molecule has 0 bridgehead atoms. The quantitative estimate of drug-likeness (QED) is 0.675. The first-order valence-corrected chi connectivity index (χ1v) is 5.32. The molecule has 0 aliphatic carbocycles. The molecule has 0 radical (unpaired) electrons. The molecule has 2 aromatic rings. The predicted molar refractivity (Wildman–Crippen MR) is 59.2 cm³/mol. The number of rotatable bonds is 1. The highest BCUT2D eigenvalue weighted by Gasteiger charge is 2.17. The normalized spacial score (nSPS) is 16.9. The lowest BCUT2D eigenvalue weighted by atomic mass is 10.3. The van der Waals surface area contributed by atoms with Crippen molar-refractivity contribution >= 4 is 17.0 Å². The monoisotopic (exact) mass is 219 g/mol. The maximum absolute atomic E-state index is 4.32. The number of aryl methyl sites for hydroxylation is 1. The molecule has 1 N–H and O–H groups in total. The summed E-state index contributed by atoms with van der Waals surface area (Å²) in [6, 6.07) is 0. The Kier molecular flexibility index (Phi) is 2.17. The van der Waals surface area contributed by atoms with Gasteiger partial charge in [0.25, 0.3) is 0 Å². The topological polar surface area (TPSA) is 71.8 Å². The van der Waals surface area contributed by atoms with E-state index in [2.05, 4.69) is 30.5 Å². The van der Waals surface area contributed by atoms with E-state index in [0.717, 1.165) is 43.2 Å². The Balaban J connectivity index is 2.08. The molecule has 0 saturated carbocycles. The molecule has 0 spiro atoms. The van der Waals surface area contributed by atoms with Gasteiger partial charge in [-0.15, -0.1) is 5.10 Å². The average molecular weight is 219 g/mol. The summed E-state index contributed by atoms with van der Waals surface area (Å²) in [5.41, 5.74) is 1.57. The lowest BCUT2D eigenvalue weighted by Crippen LogP contribution is -2.44. The maximum Gasteiger partial charge on any atom is 0.183 e. The first-order valence-electron chi connectivity index (χ1n) is 5.32. The lowest BCUT2D eigenvalue weighted by Gasteiger charge is -2.28. The first-order chi connectivity index (χ1) is 7.86. The SMILES string of the molecule is Cn1nnc2c(N3CCNCC3)ncnc21. The van der Waals surface area contributed by atoms with Crippen molar-refractivity contribution in [2.24, 2.45) is 7.05 Å². The van der Waals surface area contributed by atoms with Gasteiger partial charge in [-0.3, -0.25) is 0 Å². The van der Waals surface area contributed by atoms with Crippen LogP contribution in [0.5, 0.6) is 0 Å². The van der Waals surface area contributed by atoms with E-state index in [1.54, 1.807) is 11.0 Å². The molecular formula is C9H13N7. The van der Waals surface area contributed by atoms with E-state index < -0.39 is 0 Å². The number of nitrogens with zero attached hydrogens (tertiary/aromatic N) is 6. The van der Waals surface area contributed by atoms with E-state index in [4.69, 9.17) is 0 Å². The van der Waals surface area contributed by atoms with Crippen molar-refractivity contribution in [2.45, 2.75) is 0 Å². The Bertz CT molecular complexity index is 500. The van der Waals surface area contributed by atoms with Crippen molar-refractivity contribution in [1.82, 2.24) is 30.3 Å². The summed E-state index contributed by atoms with van der Waals surface area (Å²) in [6.07, 6.45) is 1.57. The van der Waals surface area contributed by atoms with Gasteiger partial charge in [0.2, 0.25) is 0 Å². The first kappa shape index (κ1) is 9.46. The molecule has 7 nitrogen and oxygen atoms in total. The summed E-state index contributed by atoms with van der Waals surface area (Å²) < 4.78 is 1.67. The minimum absolute atomic E-state index is 0.781. The van der Waals surface area contributed by atoms with Crippen LogP contribution in [0.2, 0.25) is 0 Å². The molecular weight excluding hydrogens is 206 g/mol. The standard InChI is InChI=1S/C9H13N7/c1-15-8-7(13-14-15)9(12-6-11-8)16-4-2-10-3-5-16/h6,10H,2-5H2,1H3. The Morgan fingerprint density at radius 1 is 1.25 bits per heavy atom. The van der Waals surface area contributed by atoms with Gasteiger partial charge in [-0.1, -0.05) is 5.21 Å². The van der Waals surface area contributed by atoms with Gasteiger partial charge < -0.3 is 10.2 Å². The van der Waals surface area contributed by atoms with Crippen molar-refractivity contribution in [2.75, 3.05) is 31.1 Å². The molecule has 0 unspecified atom stereocenters. The van der Waals surface area contributed by atoms with E-state index in [0.29, 0.717) is 0 Å². The number of piperazine rings is 1. The Labute approximate surface area is 92.5 Å². The lowest BCUT2D eigenvalue weighted by molar-refractivity contribution is 0.585. The van der Waals surface area contributed by atoms with Crippen LogP contribution < -0.4 is 10.2 Å². The fourth-order valence-electron chi connectivity index (χ4n) is 1.95. The molecule has 1 aliphatic rings. The third-order valence-electron chi connectivity index (χ3n) is 2.79. The van der Waals surface area contributed by atoms with Gasteiger partial charge in [0.1, 0.15) is 6.33 Å². The van der Waals surface area contributed by atoms with Crippen molar-refractivity contribution in [1.29, 1.82) is 0 Å². The van der Waals surface area contributed by atoms with Gasteiger partial charge >= 0.3 is 0 Å². The molecule has 3 heterocycles. The van der Waals surface area contributed by atoms with Crippen LogP contribution in [0, 0.1) is 0 Å².